The van der Waals surface area contributed by atoms with Crippen molar-refractivity contribution in [3.8, 4) is 0 Å². The second kappa shape index (κ2) is 7.87. The van der Waals surface area contributed by atoms with Crippen LogP contribution < -0.4 is 5.32 Å². The average molecular weight is 269 g/mol. The van der Waals surface area contributed by atoms with Crippen LogP contribution in [-0.4, -0.2) is 23.5 Å². The Morgan fingerprint density at radius 1 is 1.39 bits per heavy atom. The first-order chi connectivity index (χ1) is 8.61. The first kappa shape index (κ1) is 14.7. The van der Waals surface area contributed by atoms with Gasteiger partial charge in [-0.2, -0.15) is 0 Å². The van der Waals surface area contributed by atoms with E-state index in [0.717, 1.165) is 17.7 Å². The number of amides is 1. The van der Waals surface area contributed by atoms with E-state index >= 15 is 0 Å². The number of rotatable bonds is 8. The van der Waals surface area contributed by atoms with E-state index in [0.29, 0.717) is 13.0 Å². The maximum absolute atomic E-state index is 11.8. The molecule has 1 aromatic rings. The lowest BCUT2D eigenvalue weighted by Crippen LogP contribution is -2.28. The molecule has 0 aliphatic rings. The van der Waals surface area contributed by atoms with Crippen molar-refractivity contribution in [1.82, 2.24) is 5.32 Å². The molecular weight excluding hydrogens is 250 g/mol. The van der Waals surface area contributed by atoms with Crippen molar-refractivity contribution in [3.63, 3.8) is 0 Å². The fourth-order valence-electron chi connectivity index (χ4n) is 1.61. The van der Waals surface area contributed by atoms with E-state index in [-0.39, 0.29) is 18.2 Å². The molecule has 0 aliphatic heterocycles. The number of carboxylic acids is 1. The van der Waals surface area contributed by atoms with Gasteiger partial charge in [0.05, 0.1) is 5.92 Å². The summed E-state index contributed by atoms with van der Waals surface area (Å²) in [5.74, 6) is -0.829. The highest BCUT2D eigenvalue weighted by Gasteiger charge is 2.14. The molecule has 18 heavy (non-hydrogen) atoms. The average Bonchev–Trinajstić information content (AvgIpc) is 2.85. The molecule has 0 spiro atoms. The maximum atomic E-state index is 11.8. The highest BCUT2D eigenvalue weighted by molar-refractivity contribution is 7.10. The summed E-state index contributed by atoms with van der Waals surface area (Å²) in [5.41, 5.74) is 0. The van der Waals surface area contributed by atoms with Crippen LogP contribution in [0.3, 0.4) is 0 Å². The number of carbonyl (C=O) groups is 2. The summed E-state index contributed by atoms with van der Waals surface area (Å²) in [5, 5.41) is 13.3. The van der Waals surface area contributed by atoms with Gasteiger partial charge >= 0.3 is 5.97 Å². The van der Waals surface area contributed by atoms with Gasteiger partial charge in [-0.25, -0.2) is 0 Å². The molecule has 1 heterocycles. The molecule has 0 saturated carbocycles. The lowest BCUT2D eigenvalue weighted by atomic mass is 10.1. The van der Waals surface area contributed by atoms with E-state index in [2.05, 4.69) is 5.32 Å². The summed E-state index contributed by atoms with van der Waals surface area (Å²) in [6, 6.07) is 3.90. The van der Waals surface area contributed by atoms with Gasteiger partial charge in [-0.05, 0) is 31.2 Å². The van der Waals surface area contributed by atoms with Crippen LogP contribution >= 0.6 is 11.3 Å². The first-order valence-electron chi connectivity index (χ1n) is 6.14. The molecule has 0 radical (unpaired) electrons. The molecule has 0 fully saturated rings. The SMILES string of the molecule is CC(C(=O)NCCCCCC(=O)O)c1cccs1. The Hall–Kier alpha value is -1.36. The quantitative estimate of drug-likeness (QED) is 0.713. The maximum Gasteiger partial charge on any atom is 0.303 e. The van der Waals surface area contributed by atoms with E-state index in [9.17, 15) is 9.59 Å². The smallest absolute Gasteiger partial charge is 0.303 e. The van der Waals surface area contributed by atoms with Gasteiger partial charge in [0.1, 0.15) is 0 Å². The number of hydrogen-bond acceptors (Lipinski definition) is 3. The Labute approximate surface area is 111 Å². The van der Waals surface area contributed by atoms with Gasteiger partial charge in [0.2, 0.25) is 5.91 Å². The van der Waals surface area contributed by atoms with Crippen LogP contribution in [0.15, 0.2) is 17.5 Å². The summed E-state index contributed by atoms with van der Waals surface area (Å²) < 4.78 is 0. The van der Waals surface area contributed by atoms with E-state index < -0.39 is 5.97 Å². The molecule has 1 rings (SSSR count). The Morgan fingerprint density at radius 3 is 2.78 bits per heavy atom. The molecule has 2 N–H and O–H groups in total. The summed E-state index contributed by atoms with van der Waals surface area (Å²) in [7, 11) is 0. The minimum atomic E-state index is -0.759. The zero-order chi connectivity index (χ0) is 13.4. The van der Waals surface area contributed by atoms with Crippen molar-refractivity contribution < 1.29 is 14.7 Å². The topological polar surface area (TPSA) is 66.4 Å². The van der Waals surface area contributed by atoms with Gasteiger partial charge in [-0.3, -0.25) is 9.59 Å². The van der Waals surface area contributed by atoms with Crippen LogP contribution in [0.4, 0.5) is 0 Å². The predicted molar refractivity (Wildman–Crippen MR) is 71.8 cm³/mol. The molecule has 5 heteroatoms. The number of carbonyl (C=O) groups excluding carboxylic acids is 1. The minimum absolute atomic E-state index is 0.0377. The third kappa shape index (κ3) is 5.31. The van der Waals surface area contributed by atoms with E-state index in [1.807, 2.05) is 24.4 Å². The normalized spacial score (nSPS) is 12.1. The number of nitrogens with one attached hydrogen (secondary N) is 1. The predicted octanol–water partition coefficient (Wildman–Crippen LogP) is 2.61. The van der Waals surface area contributed by atoms with Gasteiger partial charge in [0.15, 0.2) is 0 Å². The van der Waals surface area contributed by atoms with Gasteiger partial charge in [-0.15, -0.1) is 11.3 Å². The Balaban J connectivity index is 2.12. The van der Waals surface area contributed by atoms with Crippen molar-refractivity contribution >= 4 is 23.2 Å². The van der Waals surface area contributed by atoms with Crippen LogP contribution in [0, 0.1) is 0 Å². The number of hydrogen-bond donors (Lipinski definition) is 2. The van der Waals surface area contributed by atoms with Crippen molar-refractivity contribution in [2.45, 2.75) is 38.5 Å². The number of aliphatic carboxylic acids is 1. The molecule has 0 aromatic carbocycles. The highest BCUT2D eigenvalue weighted by Crippen LogP contribution is 2.20. The summed E-state index contributed by atoms with van der Waals surface area (Å²) in [4.78, 5) is 23.1. The highest BCUT2D eigenvalue weighted by atomic mass is 32.1. The lowest BCUT2D eigenvalue weighted by molar-refractivity contribution is -0.137. The molecule has 4 nitrogen and oxygen atoms in total. The molecule has 0 bridgehead atoms. The van der Waals surface area contributed by atoms with E-state index in [1.165, 1.54) is 0 Å². The zero-order valence-corrected chi connectivity index (χ0v) is 11.3. The van der Waals surface area contributed by atoms with Crippen LogP contribution in [0.5, 0.6) is 0 Å². The Bertz CT molecular complexity index is 376. The fourth-order valence-corrected chi connectivity index (χ4v) is 2.39. The van der Waals surface area contributed by atoms with Gasteiger partial charge in [0.25, 0.3) is 0 Å². The number of thiophene rings is 1. The number of unbranched alkanes of at least 4 members (excludes halogenated alkanes) is 2. The Morgan fingerprint density at radius 2 is 2.17 bits per heavy atom. The van der Waals surface area contributed by atoms with Crippen LogP contribution in [-0.2, 0) is 9.59 Å². The second-order valence-corrected chi connectivity index (χ2v) is 5.21. The first-order valence-corrected chi connectivity index (χ1v) is 7.02. The van der Waals surface area contributed by atoms with Gasteiger partial charge in [-0.1, -0.05) is 12.5 Å². The zero-order valence-electron chi connectivity index (χ0n) is 10.5. The van der Waals surface area contributed by atoms with E-state index in [4.69, 9.17) is 5.11 Å². The van der Waals surface area contributed by atoms with Crippen LogP contribution in [0.2, 0.25) is 0 Å². The van der Waals surface area contributed by atoms with Crippen molar-refractivity contribution in [1.29, 1.82) is 0 Å². The molecule has 1 amide bonds. The molecular formula is C13H19NO3S. The third-order valence-corrected chi connectivity index (χ3v) is 3.78. The van der Waals surface area contributed by atoms with Crippen molar-refractivity contribution in [3.05, 3.63) is 22.4 Å². The Kier molecular flexibility index (Phi) is 6.43. The van der Waals surface area contributed by atoms with Crippen molar-refractivity contribution in [2.24, 2.45) is 0 Å². The molecule has 1 atom stereocenters. The summed E-state index contributed by atoms with van der Waals surface area (Å²) in [6.45, 7) is 2.51. The standard InChI is InChI=1S/C13H19NO3S/c1-10(11-6-5-9-18-11)13(17)14-8-4-2-3-7-12(15)16/h5-6,9-10H,2-4,7-8H2,1H3,(H,14,17)(H,15,16). The lowest BCUT2D eigenvalue weighted by Gasteiger charge is -2.10. The van der Waals surface area contributed by atoms with Gasteiger partial charge in [0, 0.05) is 17.8 Å². The summed E-state index contributed by atoms with van der Waals surface area (Å²) in [6.07, 6.45) is 2.54. The molecule has 1 unspecified atom stereocenters. The summed E-state index contributed by atoms with van der Waals surface area (Å²) >= 11 is 1.58. The molecule has 0 saturated heterocycles. The van der Waals surface area contributed by atoms with E-state index in [1.54, 1.807) is 11.3 Å². The van der Waals surface area contributed by atoms with Crippen LogP contribution in [0.25, 0.3) is 0 Å². The van der Waals surface area contributed by atoms with Gasteiger partial charge < -0.3 is 10.4 Å². The van der Waals surface area contributed by atoms with Crippen LogP contribution in [0.1, 0.15) is 43.4 Å². The largest absolute Gasteiger partial charge is 0.481 e. The van der Waals surface area contributed by atoms with Crippen molar-refractivity contribution in [2.75, 3.05) is 6.54 Å². The minimum Gasteiger partial charge on any atom is -0.481 e. The number of carboxylic acid groups (broad SMARTS) is 1. The fraction of sp³-hybridized carbons (Fsp3) is 0.538. The molecule has 100 valence electrons. The monoisotopic (exact) mass is 269 g/mol. The molecule has 1 aromatic heterocycles. The second-order valence-electron chi connectivity index (χ2n) is 4.23. The third-order valence-electron chi connectivity index (χ3n) is 2.73. The molecule has 0 aliphatic carbocycles.